The average molecular weight is 743 g/mol. The normalized spacial score (nSPS) is 12.4. The maximum absolute atomic E-state index is 14.8. The number of nitrogens with zero attached hydrogens (tertiary/aromatic N) is 2. The summed E-state index contributed by atoms with van der Waals surface area (Å²) < 4.78 is 46.4. The maximum atomic E-state index is 14.8. The Morgan fingerprint density at radius 3 is 2.06 bits per heavy atom. The summed E-state index contributed by atoms with van der Waals surface area (Å²) in [5.74, 6) is -0.393. The van der Waals surface area contributed by atoms with Crippen LogP contribution in [0.3, 0.4) is 0 Å². The van der Waals surface area contributed by atoms with Crippen LogP contribution in [0.25, 0.3) is 0 Å². The summed E-state index contributed by atoms with van der Waals surface area (Å²) in [6, 6.07) is 23.6. The molecule has 266 valence electrons. The summed E-state index contributed by atoms with van der Waals surface area (Å²) in [6.07, 6.45) is 0.830. The van der Waals surface area contributed by atoms with Gasteiger partial charge in [0.1, 0.15) is 18.3 Å². The van der Waals surface area contributed by atoms with Crippen LogP contribution in [-0.4, -0.2) is 65.1 Å². The highest BCUT2D eigenvalue weighted by Gasteiger charge is 2.36. The molecule has 50 heavy (non-hydrogen) atoms. The van der Waals surface area contributed by atoms with Gasteiger partial charge in [-0.25, -0.2) is 8.42 Å². The third-order valence-electron chi connectivity index (χ3n) is 8.15. The van der Waals surface area contributed by atoms with Crippen LogP contribution in [0.1, 0.15) is 31.4 Å². The first kappa shape index (κ1) is 38.4. The number of anilines is 1. The van der Waals surface area contributed by atoms with Gasteiger partial charge in [-0.2, -0.15) is 0 Å². The van der Waals surface area contributed by atoms with E-state index in [4.69, 9.17) is 37.4 Å². The Labute approximate surface area is 303 Å². The number of carbonyl (C=O) groups is 2. The fourth-order valence-electron chi connectivity index (χ4n) is 5.30. The number of amides is 2. The molecule has 0 heterocycles. The summed E-state index contributed by atoms with van der Waals surface area (Å²) in [7, 11) is -0.296. The zero-order valence-corrected chi connectivity index (χ0v) is 30.9. The minimum Gasteiger partial charge on any atom is -0.495 e. The van der Waals surface area contributed by atoms with E-state index in [1.165, 1.54) is 56.6 Å². The maximum Gasteiger partial charge on any atom is 0.265 e. The Morgan fingerprint density at radius 1 is 0.780 bits per heavy atom. The van der Waals surface area contributed by atoms with E-state index in [1.807, 2.05) is 44.2 Å². The molecule has 0 unspecified atom stereocenters. The topological polar surface area (TPSA) is 114 Å². The molecule has 0 aliphatic carbocycles. The van der Waals surface area contributed by atoms with Gasteiger partial charge in [-0.05, 0) is 66.9 Å². The van der Waals surface area contributed by atoms with Gasteiger partial charge in [-0.15, -0.1) is 0 Å². The quantitative estimate of drug-likeness (QED) is 0.135. The van der Waals surface area contributed by atoms with Gasteiger partial charge in [0.15, 0.2) is 11.5 Å². The van der Waals surface area contributed by atoms with E-state index in [1.54, 1.807) is 30.3 Å². The van der Waals surface area contributed by atoms with Crippen molar-refractivity contribution in [2.45, 2.75) is 50.2 Å². The van der Waals surface area contributed by atoms with Crippen molar-refractivity contribution in [1.82, 2.24) is 10.2 Å². The Hall–Kier alpha value is -4.45. The van der Waals surface area contributed by atoms with Crippen molar-refractivity contribution in [2.24, 2.45) is 0 Å². The summed E-state index contributed by atoms with van der Waals surface area (Å²) in [6.45, 7) is 3.07. The fourth-order valence-corrected chi connectivity index (χ4v) is 7.11. The van der Waals surface area contributed by atoms with Crippen LogP contribution in [0.4, 0.5) is 5.69 Å². The summed E-state index contributed by atoms with van der Waals surface area (Å²) in [5, 5.41) is 3.68. The largest absolute Gasteiger partial charge is 0.495 e. The minimum atomic E-state index is -4.51. The molecule has 0 saturated heterocycles. The van der Waals surface area contributed by atoms with Crippen LogP contribution < -0.4 is 23.8 Å². The molecule has 0 spiro atoms. The number of hydrogen-bond donors (Lipinski definition) is 1. The van der Waals surface area contributed by atoms with Gasteiger partial charge >= 0.3 is 0 Å². The molecular weight excluding hydrogens is 701 g/mol. The van der Waals surface area contributed by atoms with Gasteiger partial charge in [0.25, 0.3) is 10.0 Å². The van der Waals surface area contributed by atoms with Crippen LogP contribution in [0, 0.1) is 0 Å². The molecule has 1 N–H and O–H groups in total. The lowest BCUT2D eigenvalue weighted by Crippen LogP contribution is -2.54. The van der Waals surface area contributed by atoms with E-state index in [0.29, 0.717) is 22.8 Å². The number of ether oxygens (including phenoxy) is 3. The van der Waals surface area contributed by atoms with Crippen molar-refractivity contribution in [3.63, 3.8) is 0 Å². The standard InChI is InChI=1S/C37H41Cl2N3O7S/c1-6-25(2)40-37(44)32(20-26-11-8-7-9-12-26)41(23-27-13-10-14-28(38)19-27)36(43)24-42(31-21-29(39)15-17-33(31)47-3)50(45,46)30-16-18-34(48-4)35(22-30)49-5/h7-19,21-22,25,32H,6,20,23-24H2,1-5H3,(H,40,44)/t25-,32+/m1/s1. The smallest absolute Gasteiger partial charge is 0.265 e. The predicted molar refractivity (Wildman–Crippen MR) is 196 cm³/mol. The van der Waals surface area contributed by atoms with Crippen molar-refractivity contribution < 1.29 is 32.2 Å². The predicted octanol–water partition coefficient (Wildman–Crippen LogP) is 6.77. The molecule has 0 aromatic heterocycles. The molecule has 13 heteroatoms. The number of benzene rings is 4. The Bertz CT molecular complexity index is 1890. The number of sulfonamides is 1. The lowest BCUT2D eigenvalue weighted by atomic mass is 10.0. The molecule has 0 aliphatic heterocycles. The SMILES string of the molecule is CC[C@@H](C)NC(=O)[C@H](Cc1ccccc1)N(Cc1cccc(Cl)c1)C(=O)CN(c1cc(Cl)ccc1OC)S(=O)(=O)c1ccc(OC)c(OC)c1. The van der Waals surface area contributed by atoms with E-state index in [0.717, 1.165) is 9.87 Å². The van der Waals surface area contributed by atoms with Crippen molar-refractivity contribution in [3.05, 3.63) is 112 Å². The lowest BCUT2D eigenvalue weighted by Gasteiger charge is -2.34. The zero-order valence-electron chi connectivity index (χ0n) is 28.6. The Kier molecular flexibility index (Phi) is 13.4. The highest BCUT2D eigenvalue weighted by Crippen LogP contribution is 2.37. The summed E-state index contributed by atoms with van der Waals surface area (Å²) in [5.41, 5.74) is 1.48. The molecule has 4 aromatic carbocycles. The molecule has 0 radical (unpaired) electrons. The van der Waals surface area contributed by atoms with Crippen LogP contribution >= 0.6 is 23.2 Å². The molecule has 10 nitrogen and oxygen atoms in total. The molecule has 0 aliphatic rings. The van der Waals surface area contributed by atoms with E-state index in [9.17, 15) is 18.0 Å². The second-order valence-electron chi connectivity index (χ2n) is 11.5. The second-order valence-corrected chi connectivity index (χ2v) is 14.3. The third-order valence-corrected chi connectivity index (χ3v) is 10.4. The number of hydrogen-bond acceptors (Lipinski definition) is 7. The Balaban J connectivity index is 1.89. The lowest BCUT2D eigenvalue weighted by molar-refractivity contribution is -0.140. The number of methoxy groups -OCH3 is 3. The van der Waals surface area contributed by atoms with Gasteiger partial charge in [0.2, 0.25) is 11.8 Å². The van der Waals surface area contributed by atoms with E-state index in [-0.39, 0.29) is 52.0 Å². The van der Waals surface area contributed by atoms with Gasteiger partial charge in [-0.3, -0.25) is 13.9 Å². The van der Waals surface area contributed by atoms with E-state index >= 15 is 0 Å². The number of halogens is 2. The minimum absolute atomic E-state index is 0.0227. The average Bonchev–Trinajstić information content (AvgIpc) is 3.11. The van der Waals surface area contributed by atoms with Gasteiger partial charge < -0.3 is 24.4 Å². The highest BCUT2D eigenvalue weighted by molar-refractivity contribution is 7.92. The number of nitrogens with one attached hydrogen (secondary N) is 1. The first-order chi connectivity index (χ1) is 23.9. The Morgan fingerprint density at radius 2 is 1.42 bits per heavy atom. The first-order valence-corrected chi connectivity index (χ1v) is 18.1. The van der Waals surface area contributed by atoms with E-state index in [2.05, 4.69) is 5.32 Å². The second kappa shape index (κ2) is 17.5. The number of carbonyl (C=O) groups excluding carboxylic acids is 2. The molecule has 2 atom stereocenters. The zero-order chi connectivity index (χ0) is 36.4. The van der Waals surface area contributed by atoms with Crippen molar-refractivity contribution >= 4 is 50.7 Å². The monoisotopic (exact) mass is 741 g/mol. The van der Waals surface area contributed by atoms with Crippen LogP contribution in [-0.2, 0) is 32.6 Å². The van der Waals surface area contributed by atoms with Crippen molar-refractivity contribution in [1.29, 1.82) is 0 Å². The third kappa shape index (κ3) is 9.41. The number of rotatable bonds is 16. The molecule has 0 bridgehead atoms. The van der Waals surface area contributed by atoms with Crippen LogP contribution in [0.5, 0.6) is 17.2 Å². The van der Waals surface area contributed by atoms with Crippen LogP contribution in [0.15, 0.2) is 95.9 Å². The highest BCUT2D eigenvalue weighted by atomic mass is 35.5. The summed E-state index contributed by atoms with van der Waals surface area (Å²) in [4.78, 5) is 30.0. The van der Waals surface area contributed by atoms with Gasteiger partial charge in [0, 0.05) is 35.1 Å². The van der Waals surface area contributed by atoms with Gasteiger partial charge in [-0.1, -0.05) is 72.6 Å². The molecule has 0 fully saturated rings. The van der Waals surface area contributed by atoms with Gasteiger partial charge in [0.05, 0.1) is 31.9 Å². The fraction of sp³-hybridized carbons (Fsp3) is 0.297. The van der Waals surface area contributed by atoms with Crippen molar-refractivity contribution in [3.8, 4) is 17.2 Å². The van der Waals surface area contributed by atoms with Crippen LogP contribution in [0.2, 0.25) is 10.0 Å². The summed E-state index contributed by atoms with van der Waals surface area (Å²) >= 11 is 12.7. The first-order valence-electron chi connectivity index (χ1n) is 15.9. The van der Waals surface area contributed by atoms with E-state index < -0.39 is 28.5 Å². The molecular formula is C37H41Cl2N3O7S. The molecule has 0 saturated carbocycles. The molecule has 2 amide bonds. The molecule has 4 rings (SSSR count). The molecule has 4 aromatic rings. The van der Waals surface area contributed by atoms with Crippen molar-refractivity contribution in [2.75, 3.05) is 32.2 Å².